The van der Waals surface area contributed by atoms with E-state index >= 15 is 0 Å². The van der Waals surface area contributed by atoms with E-state index in [1.807, 2.05) is 12.1 Å². The number of aryl methyl sites for hydroxylation is 2. The minimum Gasteiger partial charge on any atom is -0.393 e. The topological polar surface area (TPSA) is 33.1 Å². The molecule has 1 aromatic carbocycles. The number of aliphatic hydroxyl groups is 1. The van der Waals surface area contributed by atoms with Crippen molar-refractivity contribution >= 4 is 15.9 Å². The zero-order valence-corrected chi connectivity index (χ0v) is 12.6. The van der Waals surface area contributed by atoms with Crippen LogP contribution in [-0.2, 0) is 12.8 Å². The number of nitrogens with zero attached hydrogens (tertiary/aromatic N) is 1. The molecule has 1 N–H and O–H groups in total. The van der Waals surface area contributed by atoms with Gasteiger partial charge < -0.3 is 5.11 Å². The zero-order chi connectivity index (χ0) is 13.7. The van der Waals surface area contributed by atoms with E-state index in [2.05, 4.69) is 52.1 Å². The van der Waals surface area contributed by atoms with Crippen LogP contribution in [0.3, 0.4) is 0 Å². The second-order valence-electron chi connectivity index (χ2n) is 4.85. The molecule has 2 nitrogen and oxygen atoms in total. The Kier molecular flexibility index (Phi) is 5.11. The summed E-state index contributed by atoms with van der Waals surface area (Å²) in [4.78, 5) is 4.28. The summed E-state index contributed by atoms with van der Waals surface area (Å²) in [7, 11) is 0. The van der Waals surface area contributed by atoms with Gasteiger partial charge in [0.15, 0.2) is 0 Å². The number of aromatic nitrogens is 1. The largest absolute Gasteiger partial charge is 0.393 e. The lowest BCUT2D eigenvalue weighted by molar-refractivity contribution is 0.164. The van der Waals surface area contributed by atoms with Gasteiger partial charge in [-0.1, -0.05) is 29.8 Å². The highest BCUT2D eigenvalue weighted by Gasteiger charge is 2.07. The number of halogens is 1. The molecule has 100 valence electrons. The van der Waals surface area contributed by atoms with Crippen molar-refractivity contribution in [2.75, 3.05) is 0 Å². The van der Waals surface area contributed by atoms with Crippen molar-refractivity contribution in [1.29, 1.82) is 0 Å². The Morgan fingerprint density at radius 1 is 1.16 bits per heavy atom. The molecule has 0 radical (unpaired) electrons. The number of aliphatic hydroxyl groups excluding tert-OH is 1. The van der Waals surface area contributed by atoms with Crippen LogP contribution in [0.5, 0.6) is 0 Å². The molecular weight excluding hydrogens is 302 g/mol. The monoisotopic (exact) mass is 319 g/mol. The Morgan fingerprint density at radius 3 is 2.53 bits per heavy atom. The molecule has 0 saturated heterocycles. The molecule has 0 fully saturated rings. The first-order valence-corrected chi connectivity index (χ1v) is 7.27. The van der Waals surface area contributed by atoms with Gasteiger partial charge in [-0.3, -0.25) is 4.98 Å². The van der Waals surface area contributed by atoms with Crippen LogP contribution in [0.25, 0.3) is 0 Å². The van der Waals surface area contributed by atoms with Gasteiger partial charge in [-0.25, -0.2) is 0 Å². The highest BCUT2D eigenvalue weighted by atomic mass is 79.9. The minimum atomic E-state index is -0.338. The van der Waals surface area contributed by atoms with Crippen LogP contribution in [0.15, 0.2) is 47.1 Å². The van der Waals surface area contributed by atoms with Gasteiger partial charge in [0.1, 0.15) is 0 Å². The molecule has 0 spiro atoms. The van der Waals surface area contributed by atoms with Gasteiger partial charge in [-0.15, -0.1) is 0 Å². The van der Waals surface area contributed by atoms with Crippen LogP contribution in [-0.4, -0.2) is 16.2 Å². The summed E-state index contributed by atoms with van der Waals surface area (Å²) in [5.41, 5.74) is 3.47. The molecule has 0 aliphatic rings. The summed E-state index contributed by atoms with van der Waals surface area (Å²) in [6.45, 7) is 2.08. The lowest BCUT2D eigenvalue weighted by Gasteiger charge is -2.10. The van der Waals surface area contributed by atoms with Gasteiger partial charge in [0.05, 0.1) is 6.10 Å². The van der Waals surface area contributed by atoms with E-state index in [-0.39, 0.29) is 6.10 Å². The Morgan fingerprint density at radius 2 is 1.89 bits per heavy atom. The first kappa shape index (κ1) is 14.2. The van der Waals surface area contributed by atoms with Crippen LogP contribution in [0.4, 0.5) is 0 Å². The van der Waals surface area contributed by atoms with E-state index in [0.717, 1.165) is 23.0 Å². The molecule has 19 heavy (non-hydrogen) atoms. The molecule has 0 aliphatic heterocycles. The summed E-state index contributed by atoms with van der Waals surface area (Å²) >= 11 is 3.35. The lowest BCUT2D eigenvalue weighted by Crippen LogP contribution is -2.12. The van der Waals surface area contributed by atoms with E-state index in [1.54, 1.807) is 6.20 Å². The predicted octanol–water partition coefficient (Wildman–Crippen LogP) is 3.69. The summed E-state index contributed by atoms with van der Waals surface area (Å²) < 4.78 is 0.963. The molecule has 1 heterocycles. The third-order valence-corrected chi connectivity index (χ3v) is 3.59. The number of hydrogen-bond acceptors (Lipinski definition) is 2. The molecule has 1 aromatic heterocycles. The molecule has 0 bridgehead atoms. The third-order valence-electron chi connectivity index (χ3n) is 3.12. The number of pyridine rings is 1. The minimum absolute atomic E-state index is 0.338. The number of benzene rings is 1. The normalized spacial score (nSPS) is 12.4. The smallest absolute Gasteiger partial charge is 0.0598 e. The molecule has 2 rings (SSSR count). The maximum atomic E-state index is 10.0. The quantitative estimate of drug-likeness (QED) is 0.911. The second-order valence-corrected chi connectivity index (χ2v) is 5.77. The van der Waals surface area contributed by atoms with Crippen molar-refractivity contribution in [2.45, 2.75) is 32.3 Å². The van der Waals surface area contributed by atoms with Crippen LogP contribution in [0.2, 0.25) is 0 Å². The summed E-state index contributed by atoms with van der Waals surface area (Å²) in [5, 5.41) is 10.0. The summed E-state index contributed by atoms with van der Waals surface area (Å²) in [5.74, 6) is 0. The lowest BCUT2D eigenvalue weighted by atomic mass is 10.0. The Balaban J connectivity index is 1.82. The fraction of sp³-hybridized carbons (Fsp3) is 0.312. The van der Waals surface area contributed by atoms with Gasteiger partial charge in [0.25, 0.3) is 0 Å². The molecule has 0 aliphatic carbocycles. The Hall–Kier alpha value is -1.19. The summed E-state index contributed by atoms with van der Waals surface area (Å²) in [6, 6.07) is 12.4. The maximum absolute atomic E-state index is 10.0. The van der Waals surface area contributed by atoms with Gasteiger partial charge in [0.2, 0.25) is 0 Å². The SMILES string of the molecule is Cc1ccc(CCC(O)Cc2ccc(Br)cn2)cc1. The van der Waals surface area contributed by atoms with Gasteiger partial charge in [-0.05, 0) is 53.4 Å². The standard InChI is InChI=1S/C16H18BrNO/c1-12-2-4-13(5-3-12)6-9-16(19)10-15-8-7-14(17)11-18-15/h2-5,7-8,11,16,19H,6,9-10H2,1H3. The van der Waals surface area contributed by atoms with Crippen molar-refractivity contribution < 1.29 is 5.11 Å². The van der Waals surface area contributed by atoms with E-state index in [1.165, 1.54) is 11.1 Å². The van der Waals surface area contributed by atoms with Crippen LogP contribution < -0.4 is 0 Å². The molecule has 3 heteroatoms. The van der Waals surface area contributed by atoms with Crippen LogP contribution in [0, 0.1) is 6.92 Å². The average Bonchev–Trinajstić information content (AvgIpc) is 2.41. The Labute approximate surface area is 122 Å². The van der Waals surface area contributed by atoms with Crippen LogP contribution in [0.1, 0.15) is 23.2 Å². The van der Waals surface area contributed by atoms with Gasteiger partial charge >= 0.3 is 0 Å². The van der Waals surface area contributed by atoms with E-state index in [9.17, 15) is 5.11 Å². The fourth-order valence-electron chi connectivity index (χ4n) is 1.96. The van der Waals surface area contributed by atoms with E-state index < -0.39 is 0 Å². The van der Waals surface area contributed by atoms with Crippen molar-refractivity contribution in [3.8, 4) is 0 Å². The number of rotatable bonds is 5. The van der Waals surface area contributed by atoms with Crippen molar-refractivity contribution in [3.05, 3.63) is 63.9 Å². The van der Waals surface area contributed by atoms with Gasteiger partial charge in [0, 0.05) is 22.8 Å². The van der Waals surface area contributed by atoms with E-state index in [0.29, 0.717) is 6.42 Å². The van der Waals surface area contributed by atoms with Crippen molar-refractivity contribution in [1.82, 2.24) is 4.98 Å². The molecule has 1 atom stereocenters. The average molecular weight is 320 g/mol. The fourth-order valence-corrected chi connectivity index (χ4v) is 2.19. The Bertz CT molecular complexity index is 507. The first-order chi connectivity index (χ1) is 9.13. The second kappa shape index (κ2) is 6.83. The maximum Gasteiger partial charge on any atom is 0.0598 e. The molecule has 0 saturated carbocycles. The van der Waals surface area contributed by atoms with E-state index in [4.69, 9.17) is 0 Å². The molecular formula is C16H18BrNO. The number of hydrogen-bond donors (Lipinski definition) is 1. The molecule has 1 unspecified atom stereocenters. The zero-order valence-electron chi connectivity index (χ0n) is 11.0. The predicted molar refractivity (Wildman–Crippen MR) is 81.1 cm³/mol. The van der Waals surface area contributed by atoms with Gasteiger partial charge in [-0.2, -0.15) is 0 Å². The van der Waals surface area contributed by atoms with Crippen molar-refractivity contribution in [2.24, 2.45) is 0 Å². The molecule has 0 amide bonds. The van der Waals surface area contributed by atoms with Crippen molar-refractivity contribution in [3.63, 3.8) is 0 Å². The first-order valence-electron chi connectivity index (χ1n) is 6.47. The highest BCUT2D eigenvalue weighted by Crippen LogP contribution is 2.12. The molecule has 2 aromatic rings. The highest BCUT2D eigenvalue weighted by molar-refractivity contribution is 9.10. The third kappa shape index (κ3) is 4.77. The summed E-state index contributed by atoms with van der Waals surface area (Å²) in [6.07, 6.45) is 3.70. The van der Waals surface area contributed by atoms with Crippen LogP contribution >= 0.6 is 15.9 Å².